The average molecular weight is 377 g/mol. The number of amides is 1. The summed E-state index contributed by atoms with van der Waals surface area (Å²) in [6.07, 6.45) is 1.80. The minimum atomic E-state index is -0.601. The van der Waals surface area contributed by atoms with Crippen LogP contribution in [0, 0.1) is 5.82 Å². The van der Waals surface area contributed by atoms with Crippen LogP contribution in [0.4, 0.5) is 10.1 Å². The quantitative estimate of drug-likeness (QED) is 0.818. The molecule has 3 heterocycles. The number of carbonyl (C=O) groups excluding carboxylic acids is 1. The summed E-state index contributed by atoms with van der Waals surface area (Å²) in [6, 6.07) is 5.97. The van der Waals surface area contributed by atoms with Gasteiger partial charge in [0, 0.05) is 30.4 Å². The van der Waals surface area contributed by atoms with Crippen LogP contribution in [0.15, 0.2) is 35.8 Å². The highest BCUT2D eigenvalue weighted by atomic mass is 32.1. The van der Waals surface area contributed by atoms with Crippen molar-refractivity contribution in [3.8, 4) is 0 Å². The van der Waals surface area contributed by atoms with Crippen molar-refractivity contribution < 1.29 is 18.7 Å². The molecule has 1 atom stereocenters. The lowest BCUT2D eigenvalue weighted by Gasteiger charge is -2.43. The first-order chi connectivity index (χ1) is 12.6. The van der Waals surface area contributed by atoms with Crippen molar-refractivity contribution >= 4 is 22.9 Å². The molecule has 0 radical (unpaired) electrons. The lowest BCUT2D eigenvalue weighted by atomic mass is 10.0. The van der Waals surface area contributed by atoms with Crippen LogP contribution >= 0.6 is 11.3 Å². The van der Waals surface area contributed by atoms with Gasteiger partial charge in [-0.15, -0.1) is 11.3 Å². The van der Waals surface area contributed by atoms with Gasteiger partial charge in [-0.1, -0.05) is 0 Å². The number of hydrogen-bond acceptors (Lipinski definition) is 6. The van der Waals surface area contributed by atoms with E-state index in [2.05, 4.69) is 9.88 Å². The molecule has 0 bridgehead atoms. The number of halogens is 1. The molecule has 2 fully saturated rings. The maximum absolute atomic E-state index is 13.2. The second-order valence-electron chi connectivity index (χ2n) is 6.62. The van der Waals surface area contributed by atoms with E-state index in [1.807, 2.05) is 5.38 Å². The van der Waals surface area contributed by atoms with E-state index in [1.54, 1.807) is 34.6 Å². The third-order valence-electron chi connectivity index (χ3n) is 4.66. The lowest BCUT2D eigenvalue weighted by Crippen LogP contribution is -2.60. The molecule has 2 aromatic rings. The minimum absolute atomic E-state index is 0.00811. The third-order valence-corrected chi connectivity index (χ3v) is 5.42. The highest BCUT2D eigenvalue weighted by Gasteiger charge is 2.43. The highest BCUT2D eigenvalue weighted by molar-refractivity contribution is 7.09. The van der Waals surface area contributed by atoms with Crippen molar-refractivity contribution in [2.45, 2.75) is 12.1 Å². The first-order valence-electron chi connectivity index (χ1n) is 8.52. The van der Waals surface area contributed by atoms with E-state index in [4.69, 9.17) is 9.47 Å². The molecule has 26 heavy (non-hydrogen) atoms. The monoisotopic (exact) mass is 377 g/mol. The van der Waals surface area contributed by atoms with Crippen LogP contribution in [0.25, 0.3) is 0 Å². The molecule has 2 aliphatic heterocycles. The maximum atomic E-state index is 13.2. The molecule has 4 rings (SSSR count). The van der Waals surface area contributed by atoms with Gasteiger partial charge in [0.1, 0.15) is 23.0 Å². The van der Waals surface area contributed by atoms with E-state index < -0.39 is 5.60 Å². The zero-order valence-corrected chi connectivity index (χ0v) is 15.1. The Labute approximate surface area is 155 Å². The Bertz CT molecular complexity index is 756. The number of anilines is 1. The summed E-state index contributed by atoms with van der Waals surface area (Å²) < 4.78 is 25.0. The Kier molecular flexibility index (Phi) is 4.99. The number of thiazole rings is 1. The van der Waals surface area contributed by atoms with Gasteiger partial charge in [0.2, 0.25) is 0 Å². The van der Waals surface area contributed by atoms with Crippen LogP contribution in [-0.2, 0) is 20.8 Å². The number of hydrogen-bond donors (Lipinski definition) is 0. The fourth-order valence-corrected chi connectivity index (χ4v) is 4.05. The van der Waals surface area contributed by atoms with E-state index in [-0.39, 0.29) is 18.3 Å². The summed E-state index contributed by atoms with van der Waals surface area (Å²) in [5.74, 6) is -0.449. The van der Waals surface area contributed by atoms with Crippen molar-refractivity contribution in [3.63, 3.8) is 0 Å². The minimum Gasteiger partial charge on any atom is -0.377 e. The summed E-state index contributed by atoms with van der Waals surface area (Å²) >= 11 is 1.62. The topological polar surface area (TPSA) is 54.9 Å². The molecule has 0 saturated carbocycles. The second kappa shape index (κ2) is 7.40. The largest absolute Gasteiger partial charge is 0.377 e. The van der Waals surface area contributed by atoms with Crippen LogP contribution in [0.3, 0.4) is 0 Å². The summed E-state index contributed by atoms with van der Waals surface area (Å²) in [7, 11) is 0. The van der Waals surface area contributed by atoms with Gasteiger partial charge in [-0.05, 0) is 24.3 Å². The smallest absolute Gasteiger partial charge is 0.253 e. The zero-order valence-electron chi connectivity index (χ0n) is 14.3. The molecule has 6 nitrogen and oxygen atoms in total. The van der Waals surface area contributed by atoms with Gasteiger partial charge in [-0.2, -0.15) is 0 Å². The Hall–Kier alpha value is -1.87. The average Bonchev–Trinajstić information content (AvgIpc) is 3.07. The molecule has 2 aliphatic rings. The van der Waals surface area contributed by atoms with Crippen LogP contribution < -0.4 is 4.90 Å². The van der Waals surface area contributed by atoms with Crippen LogP contribution in [0.2, 0.25) is 0 Å². The van der Waals surface area contributed by atoms with Gasteiger partial charge in [0.15, 0.2) is 0 Å². The fourth-order valence-electron chi connectivity index (χ4n) is 3.40. The Morgan fingerprint density at radius 2 is 2.12 bits per heavy atom. The van der Waals surface area contributed by atoms with Gasteiger partial charge < -0.3 is 14.4 Å². The number of nitrogens with zero attached hydrogens (tertiary/aromatic N) is 3. The number of morpholine rings is 1. The fraction of sp³-hybridized carbons (Fsp3) is 0.444. The maximum Gasteiger partial charge on any atom is 0.253 e. The summed E-state index contributed by atoms with van der Waals surface area (Å²) in [5, 5.41) is 3.01. The Balaban J connectivity index is 1.53. The predicted molar refractivity (Wildman–Crippen MR) is 95.6 cm³/mol. The standard InChI is InChI=1S/C18H20FN3O3S/c19-14-1-3-15(4-2-14)22-12-18(25-10-17(22)23)11-21(6-7-24-13-18)9-16-20-5-8-26-16/h1-5,8H,6-7,9-13H2/t18-/m0/s1. The van der Waals surface area contributed by atoms with Crippen LogP contribution in [0.1, 0.15) is 5.01 Å². The normalized spacial score (nSPS) is 24.8. The van der Waals surface area contributed by atoms with E-state index in [0.717, 1.165) is 18.1 Å². The van der Waals surface area contributed by atoms with Crippen LogP contribution in [0.5, 0.6) is 0 Å². The van der Waals surface area contributed by atoms with Crippen molar-refractivity contribution in [3.05, 3.63) is 46.7 Å². The van der Waals surface area contributed by atoms with Crippen LogP contribution in [-0.4, -0.2) is 60.8 Å². The van der Waals surface area contributed by atoms with Gasteiger partial charge in [0.05, 0.1) is 26.3 Å². The molecule has 0 unspecified atom stereocenters. The SMILES string of the molecule is O=C1CO[C@]2(COCCN(Cc3nccs3)C2)CN1c1ccc(F)cc1. The molecule has 1 aromatic carbocycles. The molecule has 138 valence electrons. The number of aromatic nitrogens is 1. The number of carbonyl (C=O) groups is 1. The number of benzene rings is 1. The van der Waals surface area contributed by atoms with Gasteiger partial charge in [-0.25, -0.2) is 9.37 Å². The molecule has 2 saturated heterocycles. The van der Waals surface area contributed by atoms with E-state index >= 15 is 0 Å². The molecule has 0 aliphatic carbocycles. The number of rotatable bonds is 3. The number of ether oxygens (including phenoxy) is 2. The summed E-state index contributed by atoms with van der Waals surface area (Å²) in [6.45, 7) is 3.58. The Morgan fingerprint density at radius 3 is 2.88 bits per heavy atom. The summed E-state index contributed by atoms with van der Waals surface area (Å²) in [5.41, 5.74) is 0.0746. The summed E-state index contributed by atoms with van der Waals surface area (Å²) in [4.78, 5) is 20.6. The molecule has 0 N–H and O–H groups in total. The van der Waals surface area contributed by atoms with Crippen molar-refractivity contribution in [1.29, 1.82) is 0 Å². The zero-order chi connectivity index (χ0) is 18.0. The molecular formula is C18H20FN3O3S. The first-order valence-corrected chi connectivity index (χ1v) is 9.40. The van der Waals surface area contributed by atoms with Gasteiger partial charge >= 0.3 is 0 Å². The molecule has 1 amide bonds. The van der Waals surface area contributed by atoms with Crippen molar-refractivity contribution in [1.82, 2.24) is 9.88 Å². The van der Waals surface area contributed by atoms with Gasteiger partial charge in [0.25, 0.3) is 5.91 Å². The lowest BCUT2D eigenvalue weighted by molar-refractivity contribution is -0.146. The van der Waals surface area contributed by atoms with Crippen molar-refractivity contribution in [2.75, 3.05) is 44.4 Å². The predicted octanol–water partition coefficient (Wildman–Crippen LogP) is 1.92. The highest BCUT2D eigenvalue weighted by Crippen LogP contribution is 2.28. The molecule has 8 heteroatoms. The van der Waals surface area contributed by atoms with E-state index in [9.17, 15) is 9.18 Å². The first kappa shape index (κ1) is 17.5. The molecule has 1 aromatic heterocycles. The molecular weight excluding hydrogens is 357 g/mol. The molecule has 1 spiro atoms. The van der Waals surface area contributed by atoms with Crippen molar-refractivity contribution in [2.24, 2.45) is 0 Å². The Morgan fingerprint density at radius 1 is 1.27 bits per heavy atom. The second-order valence-corrected chi connectivity index (χ2v) is 7.60. The third kappa shape index (κ3) is 3.78. The van der Waals surface area contributed by atoms with E-state index in [0.29, 0.717) is 32.0 Å². The van der Waals surface area contributed by atoms with E-state index in [1.165, 1.54) is 12.1 Å². The van der Waals surface area contributed by atoms with Gasteiger partial charge in [-0.3, -0.25) is 9.69 Å².